The Labute approximate surface area is 114 Å². The average molecular weight is 275 g/mol. The Bertz CT molecular complexity index is 722. The highest BCUT2D eigenvalue weighted by molar-refractivity contribution is 7.71. The Morgan fingerprint density at radius 2 is 2.33 bits per heavy atom. The van der Waals surface area contributed by atoms with Gasteiger partial charge < -0.3 is 9.55 Å². The quantitative estimate of drug-likeness (QED) is 0.739. The first kappa shape index (κ1) is 11.6. The van der Waals surface area contributed by atoms with Crippen LogP contribution in [0.1, 0.15) is 10.6 Å². The number of nitrogens with zero attached hydrogens (tertiary/aromatic N) is 2. The van der Waals surface area contributed by atoms with Crippen LogP contribution in [0.5, 0.6) is 0 Å². The van der Waals surface area contributed by atoms with Gasteiger partial charge in [0.1, 0.15) is 0 Å². The van der Waals surface area contributed by atoms with E-state index < -0.39 is 0 Å². The lowest BCUT2D eigenvalue weighted by atomic mass is 10.2. The van der Waals surface area contributed by atoms with Gasteiger partial charge in [0.2, 0.25) is 0 Å². The zero-order valence-corrected chi connectivity index (χ0v) is 11.6. The van der Waals surface area contributed by atoms with E-state index in [4.69, 9.17) is 12.2 Å². The molecule has 0 aliphatic rings. The molecule has 3 rings (SSSR count). The maximum absolute atomic E-state index is 5.38. The number of aromatic nitrogens is 3. The number of hydrogen-bond donors (Lipinski definition) is 1. The minimum Gasteiger partial charge on any atom is -0.331 e. The number of fused-ring (bicyclic) bond motifs is 1. The van der Waals surface area contributed by atoms with Crippen LogP contribution in [-0.4, -0.2) is 14.5 Å². The smallest absolute Gasteiger partial charge is 0.178 e. The molecule has 5 heteroatoms. The number of nitrogens with one attached hydrogen (secondary N) is 1. The Hall–Kier alpha value is -1.46. The summed E-state index contributed by atoms with van der Waals surface area (Å²) in [5.41, 5.74) is 3.53. The molecular weight excluding hydrogens is 262 g/mol. The molecule has 0 atom stereocenters. The molecule has 92 valence electrons. The van der Waals surface area contributed by atoms with Crippen molar-refractivity contribution in [3.63, 3.8) is 0 Å². The van der Waals surface area contributed by atoms with Gasteiger partial charge in [-0.25, -0.2) is 4.98 Å². The molecule has 0 saturated heterocycles. The van der Waals surface area contributed by atoms with Crippen LogP contribution in [0.25, 0.3) is 11.0 Å². The third-order valence-electron chi connectivity index (χ3n) is 2.96. The maximum Gasteiger partial charge on any atom is 0.178 e. The molecule has 0 saturated carbocycles. The molecule has 0 unspecified atom stereocenters. The van der Waals surface area contributed by atoms with E-state index in [9.17, 15) is 0 Å². The van der Waals surface area contributed by atoms with Gasteiger partial charge in [0, 0.05) is 24.5 Å². The van der Waals surface area contributed by atoms with E-state index in [1.165, 1.54) is 11.1 Å². The lowest BCUT2D eigenvalue weighted by molar-refractivity contribution is 0.703. The normalized spacial score (nSPS) is 11.2. The van der Waals surface area contributed by atoms with Gasteiger partial charge in [-0.3, -0.25) is 0 Å². The summed E-state index contributed by atoms with van der Waals surface area (Å²) in [6, 6.07) is 6.35. The number of aryl methyl sites for hydroxylation is 3. The van der Waals surface area contributed by atoms with Gasteiger partial charge in [-0.2, -0.15) is 0 Å². The van der Waals surface area contributed by atoms with Crippen molar-refractivity contribution in [2.45, 2.75) is 19.9 Å². The molecule has 0 fully saturated rings. The van der Waals surface area contributed by atoms with Gasteiger partial charge in [-0.05, 0) is 36.8 Å². The molecule has 0 amide bonds. The Morgan fingerprint density at radius 1 is 1.44 bits per heavy atom. The van der Waals surface area contributed by atoms with E-state index in [-0.39, 0.29) is 0 Å². The van der Waals surface area contributed by atoms with E-state index in [0.717, 1.165) is 28.3 Å². The summed E-state index contributed by atoms with van der Waals surface area (Å²) in [6.45, 7) is 2.97. The van der Waals surface area contributed by atoms with Gasteiger partial charge >= 0.3 is 0 Å². The van der Waals surface area contributed by atoms with Crippen molar-refractivity contribution in [3.05, 3.63) is 45.1 Å². The number of imidazole rings is 1. The highest BCUT2D eigenvalue weighted by atomic mass is 32.1. The molecule has 3 aromatic rings. The number of rotatable bonds is 3. The predicted octanol–water partition coefficient (Wildman–Crippen LogP) is 3.71. The van der Waals surface area contributed by atoms with Crippen molar-refractivity contribution in [1.82, 2.24) is 14.5 Å². The zero-order chi connectivity index (χ0) is 12.5. The van der Waals surface area contributed by atoms with Crippen molar-refractivity contribution in [2.24, 2.45) is 0 Å². The third kappa shape index (κ3) is 2.11. The summed E-state index contributed by atoms with van der Waals surface area (Å²) >= 11 is 7.07. The summed E-state index contributed by atoms with van der Waals surface area (Å²) in [7, 11) is 0. The van der Waals surface area contributed by atoms with Crippen LogP contribution >= 0.6 is 23.6 Å². The van der Waals surface area contributed by atoms with E-state index in [2.05, 4.69) is 39.7 Å². The van der Waals surface area contributed by atoms with Crippen molar-refractivity contribution >= 4 is 34.6 Å². The molecule has 2 heterocycles. The highest BCUT2D eigenvalue weighted by Gasteiger charge is 2.05. The lowest BCUT2D eigenvalue weighted by Crippen LogP contribution is -2.01. The van der Waals surface area contributed by atoms with E-state index in [1.54, 1.807) is 11.3 Å². The van der Waals surface area contributed by atoms with Gasteiger partial charge in [0.05, 0.1) is 16.0 Å². The predicted molar refractivity (Wildman–Crippen MR) is 77.7 cm³/mol. The number of hydrogen-bond acceptors (Lipinski definition) is 3. The summed E-state index contributed by atoms with van der Waals surface area (Å²) < 4.78 is 2.94. The van der Waals surface area contributed by atoms with Crippen LogP contribution in [0.4, 0.5) is 0 Å². The minimum atomic E-state index is 0.784. The van der Waals surface area contributed by atoms with Gasteiger partial charge in [-0.15, -0.1) is 11.3 Å². The fourth-order valence-corrected chi connectivity index (χ4v) is 2.98. The van der Waals surface area contributed by atoms with Crippen LogP contribution in [0.3, 0.4) is 0 Å². The number of benzene rings is 1. The molecule has 18 heavy (non-hydrogen) atoms. The van der Waals surface area contributed by atoms with Gasteiger partial charge in [-0.1, -0.05) is 6.07 Å². The monoisotopic (exact) mass is 275 g/mol. The minimum absolute atomic E-state index is 0.784. The largest absolute Gasteiger partial charge is 0.331 e. The Morgan fingerprint density at radius 3 is 3.11 bits per heavy atom. The lowest BCUT2D eigenvalue weighted by Gasteiger charge is -2.03. The van der Waals surface area contributed by atoms with Crippen LogP contribution in [0.2, 0.25) is 0 Å². The van der Waals surface area contributed by atoms with Crippen molar-refractivity contribution in [3.8, 4) is 0 Å². The zero-order valence-electron chi connectivity index (χ0n) is 10.0. The first-order chi connectivity index (χ1) is 8.74. The van der Waals surface area contributed by atoms with Gasteiger partial charge in [0.15, 0.2) is 4.77 Å². The fraction of sp³-hybridized carbons (Fsp3) is 0.231. The van der Waals surface area contributed by atoms with Crippen molar-refractivity contribution in [1.29, 1.82) is 0 Å². The van der Waals surface area contributed by atoms with Crippen molar-refractivity contribution in [2.75, 3.05) is 0 Å². The third-order valence-corrected chi connectivity index (χ3v) is 4.13. The maximum atomic E-state index is 5.38. The Balaban J connectivity index is 1.98. The first-order valence-electron chi connectivity index (χ1n) is 5.81. The van der Waals surface area contributed by atoms with Crippen LogP contribution < -0.4 is 0 Å². The second-order valence-corrected chi connectivity index (χ2v) is 5.64. The average Bonchev–Trinajstić information content (AvgIpc) is 2.94. The topological polar surface area (TPSA) is 33.6 Å². The molecule has 2 aromatic heterocycles. The summed E-state index contributed by atoms with van der Waals surface area (Å²) in [5, 5.41) is 3.16. The SMILES string of the molecule is Cc1ccc2[nH]c(=S)n(CCc3nccs3)c2c1. The van der Waals surface area contributed by atoms with Gasteiger partial charge in [0.25, 0.3) is 0 Å². The molecule has 0 bridgehead atoms. The number of aromatic amines is 1. The van der Waals surface area contributed by atoms with Crippen LogP contribution in [0.15, 0.2) is 29.8 Å². The molecule has 1 N–H and O–H groups in total. The summed E-state index contributed by atoms with van der Waals surface area (Å²) in [6.07, 6.45) is 2.77. The Kier molecular flexibility index (Phi) is 3.01. The second kappa shape index (κ2) is 4.66. The van der Waals surface area contributed by atoms with Crippen molar-refractivity contribution < 1.29 is 0 Å². The molecule has 3 nitrogen and oxygen atoms in total. The van der Waals surface area contributed by atoms with Crippen LogP contribution in [-0.2, 0) is 13.0 Å². The molecule has 0 aliphatic heterocycles. The second-order valence-electron chi connectivity index (χ2n) is 4.28. The number of H-pyrrole nitrogens is 1. The van der Waals surface area contributed by atoms with Crippen LogP contribution in [0, 0.1) is 11.7 Å². The van der Waals surface area contributed by atoms with E-state index in [0.29, 0.717) is 0 Å². The van der Waals surface area contributed by atoms with E-state index >= 15 is 0 Å². The molecule has 0 radical (unpaired) electrons. The molecular formula is C13H13N3S2. The van der Waals surface area contributed by atoms with E-state index in [1.807, 2.05) is 11.6 Å². The number of thiazole rings is 1. The summed E-state index contributed by atoms with van der Waals surface area (Å²) in [5.74, 6) is 0. The molecule has 1 aromatic carbocycles. The standard InChI is InChI=1S/C13H13N3S2/c1-9-2-3-10-11(8-9)16(13(17)15-10)6-4-12-14-5-7-18-12/h2-3,5,7-8H,4,6H2,1H3,(H,15,17). The summed E-state index contributed by atoms with van der Waals surface area (Å²) in [4.78, 5) is 7.55. The molecule has 0 aliphatic carbocycles. The fourth-order valence-electron chi connectivity index (χ4n) is 2.07. The highest BCUT2D eigenvalue weighted by Crippen LogP contribution is 2.17. The molecule has 0 spiro atoms. The first-order valence-corrected chi connectivity index (χ1v) is 7.10.